The number of nitrogens with one attached hydrogen (secondary N) is 1. The van der Waals surface area contributed by atoms with Crippen LogP contribution in [0, 0.1) is 5.92 Å². The number of aromatic nitrogens is 1. The molecule has 1 fully saturated rings. The second-order valence-corrected chi connectivity index (χ2v) is 5.19. The molecule has 0 aliphatic heterocycles. The van der Waals surface area contributed by atoms with Gasteiger partial charge in [-0.05, 0) is 30.9 Å². The molecule has 18 heavy (non-hydrogen) atoms. The largest absolute Gasteiger partial charge is 0.348 e. The van der Waals surface area contributed by atoms with Crippen LogP contribution in [-0.2, 0) is 0 Å². The highest BCUT2D eigenvalue weighted by Crippen LogP contribution is 2.28. The normalized spacial score (nSPS) is 23.7. The molecular formula is C14H20N2O2. The van der Waals surface area contributed by atoms with Gasteiger partial charge in [0.15, 0.2) is 6.29 Å². The van der Waals surface area contributed by atoms with Crippen LogP contribution in [0.15, 0.2) is 12.1 Å². The Bertz CT molecular complexity index is 439. The van der Waals surface area contributed by atoms with E-state index in [1.807, 2.05) is 11.9 Å². The summed E-state index contributed by atoms with van der Waals surface area (Å²) >= 11 is 0. The van der Waals surface area contributed by atoms with Gasteiger partial charge >= 0.3 is 0 Å². The Kier molecular flexibility index (Phi) is 3.84. The fourth-order valence-corrected chi connectivity index (χ4v) is 2.82. The van der Waals surface area contributed by atoms with Gasteiger partial charge in [0.25, 0.3) is 5.91 Å². The maximum Gasteiger partial charge on any atom is 0.270 e. The highest BCUT2D eigenvalue weighted by molar-refractivity contribution is 5.93. The number of aromatic amines is 1. The highest BCUT2D eigenvalue weighted by Gasteiger charge is 2.28. The molecule has 4 heteroatoms. The molecule has 0 spiro atoms. The standard InChI is InChI=1S/C14H20N2O2/c1-10-5-3-4-6-13(10)16(2)14(18)12-8-7-11(9-17)15-12/h7-10,13,15H,3-6H2,1-2H3/t10-,13-/m1/s1. The van der Waals surface area contributed by atoms with E-state index in [2.05, 4.69) is 11.9 Å². The molecule has 1 amide bonds. The number of H-pyrrole nitrogens is 1. The van der Waals surface area contributed by atoms with Crippen LogP contribution in [0.2, 0.25) is 0 Å². The zero-order valence-electron chi connectivity index (χ0n) is 11.0. The molecule has 0 aromatic carbocycles. The number of nitrogens with zero attached hydrogens (tertiary/aromatic N) is 1. The van der Waals surface area contributed by atoms with Crippen LogP contribution in [0.5, 0.6) is 0 Å². The summed E-state index contributed by atoms with van der Waals surface area (Å²) in [7, 11) is 1.86. The van der Waals surface area contributed by atoms with E-state index in [1.165, 1.54) is 19.3 Å². The van der Waals surface area contributed by atoms with E-state index in [1.54, 1.807) is 12.1 Å². The van der Waals surface area contributed by atoms with Crippen molar-refractivity contribution in [1.29, 1.82) is 0 Å². The Morgan fingerprint density at radius 3 is 2.72 bits per heavy atom. The van der Waals surface area contributed by atoms with Crippen molar-refractivity contribution in [2.45, 2.75) is 38.6 Å². The highest BCUT2D eigenvalue weighted by atomic mass is 16.2. The van der Waals surface area contributed by atoms with Gasteiger partial charge in [0.2, 0.25) is 0 Å². The first-order valence-electron chi connectivity index (χ1n) is 6.55. The van der Waals surface area contributed by atoms with Crippen molar-refractivity contribution in [3.05, 3.63) is 23.5 Å². The molecule has 2 atom stereocenters. The zero-order chi connectivity index (χ0) is 13.1. The van der Waals surface area contributed by atoms with Gasteiger partial charge in [-0.3, -0.25) is 9.59 Å². The Hall–Kier alpha value is -1.58. The SMILES string of the molecule is C[C@@H]1CCCC[C@H]1N(C)C(=O)c1ccc(C=O)[nH]1. The average Bonchev–Trinajstić information content (AvgIpc) is 2.86. The van der Waals surface area contributed by atoms with Gasteiger partial charge in [-0.15, -0.1) is 0 Å². The Balaban J connectivity index is 2.09. The smallest absolute Gasteiger partial charge is 0.270 e. The van der Waals surface area contributed by atoms with Gasteiger partial charge in [-0.2, -0.15) is 0 Å². The molecule has 1 saturated carbocycles. The fourth-order valence-electron chi connectivity index (χ4n) is 2.82. The lowest BCUT2D eigenvalue weighted by Crippen LogP contribution is -2.42. The maximum atomic E-state index is 12.3. The molecule has 2 rings (SSSR count). The third kappa shape index (κ3) is 2.47. The monoisotopic (exact) mass is 248 g/mol. The fraction of sp³-hybridized carbons (Fsp3) is 0.571. The summed E-state index contributed by atoms with van der Waals surface area (Å²) in [4.78, 5) is 27.6. The zero-order valence-corrected chi connectivity index (χ0v) is 11.0. The van der Waals surface area contributed by atoms with Crippen LogP contribution >= 0.6 is 0 Å². The summed E-state index contributed by atoms with van der Waals surface area (Å²) in [5.41, 5.74) is 0.945. The van der Waals surface area contributed by atoms with Crippen molar-refractivity contribution >= 4 is 12.2 Å². The van der Waals surface area contributed by atoms with Gasteiger partial charge in [0.05, 0.1) is 5.69 Å². The minimum Gasteiger partial charge on any atom is -0.348 e. The van der Waals surface area contributed by atoms with Gasteiger partial charge in [0, 0.05) is 13.1 Å². The third-order valence-electron chi connectivity index (χ3n) is 3.95. The van der Waals surface area contributed by atoms with E-state index in [9.17, 15) is 9.59 Å². The molecule has 0 bridgehead atoms. The number of aldehydes is 1. The molecular weight excluding hydrogens is 228 g/mol. The van der Waals surface area contributed by atoms with Crippen molar-refractivity contribution in [2.24, 2.45) is 5.92 Å². The van der Waals surface area contributed by atoms with Gasteiger partial charge in [-0.25, -0.2) is 0 Å². The summed E-state index contributed by atoms with van der Waals surface area (Å²) in [6, 6.07) is 3.63. The molecule has 0 saturated heterocycles. The first kappa shape index (κ1) is 12.9. The van der Waals surface area contributed by atoms with Crippen LogP contribution < -0.4 is 0 Å². The number of rotatable bonds is 3. The number of amides is 1. The molecule has 1 N–H and O–H groups in total. The molecule has 4 nitrogen and oxygen atoms in total. The van der Waals surface area contributed by atoms with Crippen LogP contribution in [-0.4, -0.2) is 35.2 Å². The number of carbonyl (C=O) groups excluding carboxylic acids is 2. The molecule has 0 radical (unpaired) electrons. The number of carbonyl (C=O) groups is 2. The van der Waals surface area contributed by atoms with Crippen LogP contribution in [0.3, 0.4) is 0 Å². The lowest BCUT2D eigenvalue weighted by Gasteiger charge is -2.36. The number of hydrogen-bond donors (Lipinski definition) is 1. The maximum absolute atomic E-state index is 12.3. The first-order chi connectivity index (χ1) is 8.63. The summed E-state index contributed by atoms with van der Waals surface area (Å²) in [5.74, 6) is 0.523. The molecule has 1 aromatic rings. The van der Waals surface area contributed by atoms with Crippen LogP contribution in [0.4, 0.5) is 0 Å². The summed E-state index contributed by atoms with van der Waals surface area (Å²) in [6.07, 6.45) is 5.44. The van der Waals surface area contributed by atoms with E-state index >= 15 is 0 Å². The van der Waals surface area contributed by atoms with Gasteiger partial charge in [-0.1, -0.05) is 19.8 Å². The lowest BCUT2D eigenvalue weighted by atomic mass is 9.85. The minimum absolute atomic E-state index is 0.0261. The van der Waals surface area contributed by atoms with Crippen molar-refractivity contribution < 1.29 is 9.59 Å². The van der Waals surface area contributed by atoms with Crippen molar-refractivity contribution in [1.82, 2.24) is 9.88 Å². The minimum atomic E-state index is -0.0261. The van der Waals surface area contributed by atoms with E-state index < -0.39 is 0 Å². The van der Waals surface area contributed by atoms with E-state index in [0.717, 1.165) is 12.7 Å². The van der Waals surface area contributed by atoms with E-state index in [0.29, 0.717) is 23.3 Å². The van der Waals surface area contributed by atoms with Crippen LogP contribution in [0.1, 0.15) is 53.6 Å². The van der Waals surface area contributed by atoms with Crippen molar-refractivity contribution in [3.63, 3.8) is 0 Å². The topological polar surface area (TPSA) is 53.2 Å². The second-order valence-electron chi connectivity index (χ2n) is 5.19. The summed E-state index contributed by atoms with van der Waals surface area (Å²) in [5, 5.41) is 0. The van der Waals surface area contributed by atoms with Crippen molar-refractivity contribution in [3.8, 4) is 0 Å². The molecule has 0 unspecified atom stereocenters. The summed E-state index contributed by atoms with van der Waals surface area (Å²) < 4.78 is 0. The van der Waals surface area contributed by atoms with Crippen molar-refractivity contribution in [2.75, 3.05) is 7.05 Å². The quantitative estimate of drug-likeness (QED) is 0.835. The Morgan fingerprint density at radius 1 is 1.39 bits per heavy atom. The third-order valence-corrected chi connectivity index (χ3v) is 3.95. The molecule has 1 aromatic heterocycles. The first-order valence-corrected chi connectivity index (χ1v) is 6.55. The Morgan fingerprint density at radius 2 is 2.11 bits per heavy atom. The predicted molar refractivity (Wildman–Crippen MR) is 69.7 cm³/mol. The molecule has 1 aliphatic carbocycles. The molecule has 1 heterocycles. The van der Waals surface area contributed by atoms with E-state index in [-0.39, 0.29) is 5.91 Å². The van der Waals surface area contributed by atoms with Crippen LogP contribution in [0.25, 0.3) is 0 Å². The molecule has 98 valence electrons. The summed E-state index contributed by atoms with van der Waals surface area (Å²) in [6.45, 7) is 2.21. The number of hydrogen-bond acceptors (Lipinski definition) is 2. The van der Waals surface area contributed by atoms with Gasteiger partial charge < -0.3 is 9.88 Å². The predicted octanol–water partition coefficient (Wildman–Crippen LogP) is 2.48. The van der Waals surface area contributed by atoms with Gasteiger partial charge in [0.1, 0.15) is 5.69 Å². The second kappa shape index (κ2) is 5.38. The average molecular weight is 248 g/mol. The Labute approximate surface area is 107 Å². The van der Waals surface area contributed by atoms with E-state index in [4.69, 9.17) is 0 Å². The lowest BCUT2D eigenvalue weighted by molar-refractivity contribution is 0.0624. The molecule has 1 aliphatic rings.